The zero-order valence-corrected chi connectivity index (χ0v) is 12.9. The van der Waals surface area contributed by atoms with E-state index in [1.54, 1.807) is 12.1 Å². The van der Waals surface area contributed by atoms with E-state index in [1.165, 1.54) is 25.0 Å². The summed E-state index contributed by atoms with van der Waals surface area (Å²) in [7, 11) is 0. The lowest BCUT2D eigenvalue weighted by Crippen LogP contribution is -2.30. The highest BCUT2D eigenvalue weighted by atomic mass is 19.1. The minimum Gasteiger partial charge on any atom is -0.492 e. The largest absolute Gasteiger partial charge is 0.492 e. The van der Waals surface area contributed by atoms with Crippen LogP contribution in [-0.4, -0.2) is 24.1 Å². The van der Waals surface area contributed by atoms with Crippen LogP contribution >= 0.6 is 0 Å². The Balaban J connectivity index is 1.51. The van der Waals surface area contributed by atoms with Gasteiger partial charge in [-0.15, -0.1) is 0 Å². The molecular weight excluding hydrogens is 291 g/mol. The molecule has 0 atom stereocenters. The number of benzene rings is 2. The Morgan fingerprint density at radius 2 is 1.78 bits per heavy atom. The molecular formula is C19H19FN2O. The normalized spacial score (nSPS) is 13.8. The summed E-state index contributed by atoms with van der Waals surface area (Å²) in [6, 6.07) is 16.6. The number of hydrogen-bond donors (Lipinski definition) is 0. The number of rotatable bonds is 7. The third-order valence-corrected chi connectivity index (χ3v) is 3.99. The molecule has 0 radical (unpaired) electrons. The Morgan fingerprint density at radius 3 is 2.39 bits per heavy atom. The Morgan fingerprint density at radius 1 is 1.09 bits per heavy atom. The fourth-order valence-electron chi connectivity index (χ4n) is 2.56. The van der Waals surface area contributed by atoms with Crippen LogP contribution < -0.4 is 4.74 Å². The molecule has 0 aliphatic heterocycles. The molecule has 0 bridgehead atoms. The summed E-state index contributed by atoms with van der Waals surface area (Å²) in [6.07, 6.45) is 2.44. The van der Waals surface area contributed by atoms with Crippen LogP contribution in [0.1, 0.15) is 24.0 Å². The third-order valence-electron chi connectivity index (χ3n) is 3.99. The third kappa shape index (κ3) is 4.54. The Labute approximate surface area is 135 Å². The first kappa shape index (κ1) is 15.5. The first-order chi connectivity index (χ1) is 11.2. The molecule has 2 aromatic carbocycles. The van der Waals surface area contributed by atoms with E-state index in [2.05, 4.69) is 11.0 Å². The molecule has 118 valence electrons. The average Bonchev–Trinajstić information content (AvgIpc) is 3.41. The van der Waals surface area contributed by atoms with Crippen LogP contribution in [-0.2, 0) is 6.54 Å². The highest BCUT2D eigenvalue weighted by Crippen LogP contribution is 2.28. The van der Waals surface area contributed by atoms with Gasteiger partial charge >= 0.3 is 0 Å². The summed E-state index contributed by atoms with van der Waals surface area (Å²) in [6.45, 7) is 2.26. The molecule has 3 nitrogen and oxygen atoms in total. The second-order valence-corrected chi connectivity index (χ2v) is 5.81. The van der Waals surface area contributed by atoms with Crippen molar-refractivity contribution >= 4 is 0 Å². The van der Waals surface area contributed by atoms with Crippen molar-refractivity contribution in [3.63, 3.8) is 0 Å². The molecule has 3 rings (SSSR count). The standard InChI is InChI=1S/C19H19FN2O/c20-17-5-1-16(2-6-17)14-22(18-7-8-18)11-12-23-19-9-3-15(13-21)4-10-19/h1-6,9-10,18H,7-8,11-12,14H2. The van der Waals surface area contributed by atoms with Gasteiger partial charge in [-0.25, -0.2) is 4.39 Å². The van der Waals surface area contributed by atoms with Crippen LogP contribution in [0.15, 0.2) is 48.5 Å². The van der Waals surface area contributed by atoms with E-state index >= 15 is 0 Å². The van der Waals surface area contributed by atoms with Crippen LogP contribution in [0.25, 0.3) is 0 Å². The van der Waals surface area contributed by atoms with Crippen LogP contribution in [0.5, 0.6) is 5.75 Å². The van der Waals surface area contributed by atoms with Crippen LogP contribution in [0, 0.1) is 17.1 Å². The van der Waals surface area contributed by atoms with Gasteiger partial charge in [-0.3, -0.25) is 4.90 Å². The monoisotopic (exact) mass is 310 g/mol. The Hall–Kier alpha value is -2.38. The molecule has 0 N–H and O–H groups in total. The SMILES string of the molecule is N#Cc1ccc(OCCN(Cc2ccc(F)cc2)C2CC2)cc1. The van der Waals surface area contributed by atoms with E-state index in [0.717, 1.165) is 24.4 Å². The Kier molecular flexibility index (Phi) is 4.89. The summed E-state index contributed by atoms with van der Waals surface area (Å²) >= 11 is 0. The van der Waals surface area contributed by atoms with Gasteiger partial charge in [0, 0.05) is 19.1 Å². The summed E-state index contributed by atoms with van der Waals surface area (Å²) in [4.78, 5) is 2.39. The first-order valence-corrected chi connectivity index (χ1v) is 7.86. The van der Waals surface area contributed by atoms with Crippen molar-refractivity contribution in [3.05, 3.63) is 65.5 Å². The zero-order valence-electron chi connectivity index (χ0n) is 12.9. The highest BCUT2D eigenvalue weighted by molar-refractivity contribution is 5.34. The van der Waals surface area contributed by atoms with Crippen LogP contribution in [0.3, 0.4) is 0 Å². The molecule has 0 unspecified atom stereocenters. The smallest absolute Gasteiger partial charge is 0.123 e. The molecule has 1 fully saturated rings. The highest BCUT2D eigenvalue weighted by Gasteiger charge is 2.28. The molecule has 0 aromatic heterocycles. The second-order valence-electron chi connectivity index (χ2n) is 5.81. The minimum absolute atomic E-state index is 0.198. The van der Waals surface area contributed by atoms with Gasteiger partial charge in [0.1, 0.15) is 18.2 Å². The second kappa shape index (κ2) is 7.26. The van der Waals surface area contributed by atoms with E-state index in [9.17, 15) is 4.39 Å². The van der Waals surface area contributed by atoms with E-state index in [1.807, 2.05) is 24.3 Å². The van der Waals surface area contributed by atoms with Gasteiger partial charge in [-0.1, -0.05) is 12.1 Å². The number of hydrogen-bond acceptors (Lipinski definition) is 3. The predicted octanol–water partition coefficient (Wildman–Crippen LogP) is 3.74. The predicted molar refractivity (Wildman–Crippen MR) is 86.5 cm³/mol. The Bertz CT molecular complexity index is 672. The van der Waals surface area contributed by atoms with Gasteiger partial charge in [0.05, 0.1) is 11.6 Å². The quantitative estimate of drug-likeness (QED) is 0.781. The van der Waals surface area contributed by atoms with Crippen molar-refractivity contribution in [1.82, 2.24) is 4.90 Å². The van der Waals surface area contributed by atoms with E-state index in [0.29, 0.717) is 18.2 Å². The van der Waals surface area contributed by atoms with Crippen LogP contribution in [0.4, 0.5) is 4.39 Å². The lowest BCUT2D eigenvalue weighted by atomic mass is 10.2. The van der Waals surface area contributed by atoms with Gasteiger partial charge in [-0.2, -0.15) is 5.26 Å². The summed E-state index contributed by atoms with van der Waals surface area (Å²) in [5, 5.41) is 8.78. The number of nitrogens with zero attached hydrogens (tertiary/aromatic N) is 2. The van der Waals surface area contributed by atoms with Gasteiger partial charge in [-0.05, 0) is 54.8 Å². The maximum absolute atomic E-state index is 13.0. The zero-order chi connectivity index (χ0) is 16.1. The van der Waals surface area contributed by atoms with Crippen molar-refractivity contribution in [2.45, 2.75) is 25.4 Å². The molecule has 1 aliphatic rings. The lowest BCUT2D eigenvalue weighted by Gasteiger charge is -2.22. The summed E-state index contributed by atoms with van der Waals surface area (Å²) < 4.78 is 18.7. The van der Waals surface area contributed by atoms with Crippen molar-refractivity contribution in [2.24, 2.45) is 0 Å². The van der Waals surface area contributed by atoms with Gasteiger partial charge < -0.3 is 4.74 Å². The van der Waals surface area contributed by atoms with E-state index in [4.69, 9.17) is 10.00 Å². The maximum Gasteiger partial charge on any atom is 0.123 e. The molecule has 0 spiro atoms. The molecule has 0 saturated heterocycles. The topological polar surface area (TPSA) is 36.3 Å². The van der Waals surface area contributed by atoms with Crippen molar-refractivity contribution < 1.29 is 9.13 Å². The lowest BCUT2D eigenvalue weighted by molar-refractivity contribution is 0.195. The molecule has 0 amide bonds. The van der Waals surface area contributed by atoms with Crippen molar-refractivity contribution in [1.29, 1.82) is 5.26 Å². The minimum atomic E-state index is -0.198. The molecule has 1 saturated carbocycles. The molecule has 1 aliphatic carbocycles. The van der Waals surface area contributed by atoms with Gasteiger partial charge in [0.2, 0.25) is 0 Å². The van der Waals surface area contributed by atoms with Crippen molar-refractivity contribution in [3.8, 4) is 11.8 Å². The van der Waals surface area contributed by atoms with Gasteiger partial charge in [0.15, 0.2) is 0 Å². The summed E-state index contributed by atoms with van der Waals surface area (Å²) in [5.74, 6) is 0.581. The number of halogens is 1. The van der Waals surface area contributed by atoms with E-state index < -0.39 is 0 Å². The average molecular weight is 310 g/mol. The van der Waals surface area contributed by atoms with Crippen LogP contribution in [0.2, 0.25) is 0 Å². The molecule has 2 aromatic rings. The fourth-order valence-corrected chi connectivity index (χ4v) is 2.56. The van der Waals surface area contributed by atoms with E-state index in [-0.39, 0.29) is 5.82 Å². The number of ether oxygens (including phenoxy) is 1. The molecule has 4 heteroatoms. The first-order valence-electron chi connectivity index (χ1n) is 7.86. The maximum atomic E-state index is 13.0. The molecule has 0 heterocycles. The fraction of sp³-hybridized carbons (Fsp3) is 0.316. The molecule has 23 heavy (non-hydrogen) atoms. The van der Waals surface area contributed by atoms with Gasteiger partial charge in [0.25, 0.3) is 0 Å². The summed E-state index contributed by atoms with van der Waals surface area (Å²) in [5.41, 5.74) is 1.75. The van der Waals surface area contributed by atoms with Crippen molar-refractivity contribution in [2.75, 3.05) is 13.2 Å². The number of nitriles is 1.